The van der Waals surface area contributed by atoms with Crippen molar-refractivity contribution < 1.29 is 9.59 Å². The van der Waals surface area contributed by atoms with Gasteiger partial charge in [0.25, 0.3) is 0 Å². The summed E-state index contributed by atoms with van der Waals surface area (Å²) in [7, 11) is 0. The van der Waals surface area contributed by atoms with Crippen molar-refractivity contribution in [3.05, 3.63) is 60.2 Å². The molecule has 1 fully saturated rings. The number of amides is 2. The third kappa shape index (κ3) is 7.00. The summed E-state index contributed by atoms with van der Waals surface area (Å²) in [5.74, 6) is -0.280. The molecule has 154 valence electrons. The fourth-order valence-electron chi connectivity index (χ4n) is 3.57. The maximum absolute atomic E-state index is 12.4. The van der Waals surface area contributed by atoms with Crippen LogP contribution in [0.2, 0.25) is 0 Å². The Labute approximate surface area is 172 Å². The first-order chi connectivity index (χ1) is 14.1. The standard InChI is InChI=1S/C23H30N4O2/c24-21(15-18-9-4-3-5-10-18)23(29)26-20-12-8-11-19(16-20)25-22(28)17-27-13-6-1-2-7-14-27/h3-5,8-12,16,21H,1-2,6-7,13-15,17,24H2,(H,25,28)(H,26,29). The lowest BCUT2D eigenvalue weighted by atomic mass is 10.1. The summed E-state index contributed by atoms with van der Waals surface area (Å²) in [5, 5.41) is 5.77. The molecule has 1 saturated heterocycles. The van der Waals surface area contributed by atoms with E-state index in [-0.39, 0.29) is 11.8 Å². The maximum Gasteiger partial charge on any atom is 0.241 e. The van der Waals surface area contributed by atoms with Gasteiger partial charge in [-0.25, -0.2) is 0 Å². The summed E-state index contributed by atoms with van der Waals surface area (Å²) in [6.07, 6.45) is 5.26. The minimum atomic E-state index is -0.640. The lowest BCUT2D eigenvalue weighted by Crippen LogP contribution is -2.37. The Morgan fingerprint density at radius 1 is 0.897 bits per heavy atom. The molecule has 1 heterocycles. The quantitative estimate of drug-likeness (QED) is 0.674. The lowest BCUT2D eigenvalue weighted by molar-refractivity contribution is -0.118. The molecule has 2 amide bonds. The maximum atomic E-state index is 12.4. The lowest BCUT2D eigenvalue weighted by Gasteiger charge is -2.19. The van der Waals surface area contributed by atoms with Crippen LogP contribution < -0.4 is 16.4 Å². The van der Waals surface area contributed by atoms with Crippen molar-refractivity contribution in [3.8, 4) is 0 Å². The number of rotatable bonds is 7. The van der Waals surface area contributed by atoms with Crippen molar-refractivity contribution in [1.82, 2.24) is 4.90 Å². The molecule has 4 N–H and O–H groups in total. The number of nitrogens with zero attached hydrogens (tertiary/aromatic N) is 1. The van der Waals surface area contributed by atoms with E-state index in [0.29, 0.717) is 24.3 Å². The van der Waals surface area contributed by atoms with Crippen LogP contribution >= 0.6 is 0 Å². The summed E-state index contributed by atoms with van der Waals surface area (Å²) in [5.41, 5.74) is 8.35. The molecular weight excluding hydrogens is 364 g/mol. The van der Waals surface area contributed by atoms with Gasteiger partial charge in [0, 0.05) is 11.4 Å². The number of nitrogens with two attached hydrogens (primary N) is 1. The van der Waals surface area contributed by atoms with Crippen molar-refractivity contribution >= 4 is 23.2 Å². The van der Waals surface area contributed by atoms with Crippen molar-refractivity contribution in [2.45, 2.75) is 38.1 Å². The number of carbonyl (C=O) groups is 2. The molecule has 1 atom stereocenters. The molecule has 2 aromatic rings. The molecule has 0 spiro atoms. The highest BCUT2D eigenvalue weighted by molar-refractivity contribution is 5.96. The van der Waals surface area contributed by atoms with Gasteiger partial charge in [0.15, 0.2) is 0 Å². The summed E-state index contributed by atoms with van der Waals surface area (Å²) in [4.78, 5) is 27.0. The molecule has 1 aliphatic heterocycles. The largest absolute Gasteiger partial charge is 0.325 e. The topological polar surface area (TPSA) is 87.5 Å². The van der Waals surface area contributed by atoms with Gasteiger partial charge in [-0.05, 0) is 56.1 Å². The first kappa shape index (κ1) is 21.0. The summed E-state index contributed by atoms with van der Waals surface area (Å²) in [6.45, 7) is 2.35. The molecular formula is C23H30N4O2. The van der Waals surface area contributed by atoms with Crippen LogP contribution in [0.4, 0.5) is 11.4 Å². The van der Waals surface area contributed by atoms with E-state index in [1.807, 2.05) is 36.4 Å². The van der Waals surface area contributed by atoms with Crippen LogP contribution in [-0.2, 0) is 16.0 Å². The number of anilines is 2. The molecule has 6 nitrogen and oxygen atoms in total. The van der Waals surface area contributed by atoms with Gasteiger partial charge in [-0.3, -0.25) is 14.5 Å². The minimum absolute atomic E-state index is 0.0313. The molecule has 0 saturated carbocycles. The highest BCUT2D eigenvalue weighted by atomic mass is 16.2. The number of likely N-dealkylation sites (tertiary alicyclic amines) is 1. The van der Waals surface area contributed by atoms with E-state index in [2.05, 4.69) is 15.5 Å². The Balaban J connectivity index is 1.51. The van der Waals surface area contributed by atoms with Crippen molar-refractivity contribution in [2.24, 2.45) is 5.73 Å². The third-order valence-electron chi connectivity index (χ3n) is 5.11. The summed E-state index contributed by atoms with van der Waals surface area (Å²) >= 11 is 0. The number of carbonyl (C=O) groups excluding carboxylic acids is 2. The van der Waals surface area contributed by atoms with Gasteiger partial charge in [0.05, 0.1) is 12.6 Å². The zero-order chi connectivity index (χ0) is 20.5. The van der Waals surface area contributed by atoms with Crippen LogP contribution in [0, 0.1) is 0 Å². The van der Waals surface area contributed by atoms with E-state index < -0.39 is 6.04 Å². The normalized spacial score (nSPS) is 15.9. The first-order valence-electron chi connectivity index (χ1n) is 10.3. The second-order valence-electron chi connectivity index (χ2n) is 7.60. The smallest absolute Gasteiger partial charge is 0.241 e. The molecule has 6 heteroatoms. The highest BCUT2D eigenvalue weighted by Gasteiger charge is 2.15. The van der Waals surface area contributed by atoms with Gasteiger partial charge in [0.1, 0.15) is 0 Å². The molecule has 1 unspecified atom stereocenters. The van der Waals surface area contributed by atoms with Crippen LogP contribution in [0.15, 0.2) is 54.6 Å². The SMILES string of the molecule is NC(Cc1ccccc1)C(=O)Nc1cccc(NC(=O)CN2CCCCCC2)c1. The Morgan fingerprint density at radius 3 is 2.24 bits per heavy atom. The number of hydrogen-bond donors (Lipinski definition) is 3. The van der Waals surface area contributed by atoms with E-state index in [4.69, 9.17) is 5.73 Å². The van der Waals surface area contributed by atoms with Gasteiger partial charge in [0.2, 0.25) is 11.8 Å². The molecule has 1 aliphatic rings. The van der Waals surface area contributed by atoms with Gasteiger partial charge < -0.3 is 16.4 Å². The van der Waals surface area contributed by atoms with Gasteiger partial charge in [-0.1, -0.05) is 49.2 Å². The predicted octanol–water partition coefficient (Wildman–Crippen LogP) is 3.01. The average molecular weight is 395 g/mol. The van der Waals surface area contributed by atoms with E-state index in [9.17, 15) is 9.59 Å². The van der Waals surface area contributed by atoms with E-state index in [1.54, 1.807) is 18.2 Å². The molecule has 0 bridgehead atoms. The molecule has 2 aromatic carbocycles. The predicted molar refractivity (Wildman–Crippen MR) is 117 cm³/mol. The molecule has 0 aromatic heterocycles. The number of hydrogen-bond acceptors (Lipinski definition) is 4. The van der Waals surface area contributed by atoms with Gasteiger partial charge in [-0.2, -0.15) is 0 Å². The van der Waals surface area contributed by atoms with E-state index >= 15 is 0 Å². The van der Waals surface area contributed by atoms with E-state index in [0.717, 1.165) is 31.5 Å². The third-order valence-corrected chi connectivity index (χ3v) is 5.11. The van der Waals surface area contributed by atoms with Crippen LogP contribution in [-0.4, -0.2) is 42.4 Å². The van der Waals surface area contributed by atoms with Crippen molar-refractivity contribution in [2.75, 3.05) is 30.3 Å². The Morgan fingerprint density at radius 2 is 1.55 bits per heavy atom. The second-order valence-corrected chi connectivity index (χ2v) is 7.60. The Hall–Kier alpha value is -2.70. The molecule has 0 radical (unpaired) electrons. The fraction of sp³-hybridized carbons (Fsp3) is 0.391. The van der Waals surface area contributed by atoms with Crippen LogP contribution in [0.5, 0.6) is 0 Å². The van der Waals surface area contributed by atoms with E-state index in [1.165, 1.54) is 12.8 Å². The first-order valence-corrected chi connectivity index (χ1v) is 10.3. The number of nitrogens with one attached hydrogen (secondary N) is 2. The summed E-state index contributed by atoms with van der Waals surface area (Å²) in [6, 6.07) is 16.2. The van der Waals surface area contributed by atoms with Crippen molar-refractivity contribution in [1.29, 1.82) is 0 Å². The van der Waals surface area contributed by atoms with Crippen LogP contribution in [0.25, 0.3) is 0 Å². The van der Waals surface area contributed by atoms with Crippen LogP contribution in [0.3, 0.4) is 0 Å². The monoisotopic (exact) mass is 394 g/mol. The zero-order valence-electron chi connectivity index (χ0n) is 16.8. The van der Waals surface area contributed by atoms with Gasteiger partial charge in [-0.15, -0.1) is 0 Å². The molecule has 3 rings (SSSR count). The molecule has 0 aliphatic carbocycles. The van der Waals surface area contributed by atoms with Gasteiger partial charge >= 0.3 is 0 Å². The minimum Gasteiger partial charge on any atom is -0.325 e. The number of benzene rings is 2. The zero-order valence-corrected chi connectivity index (χ0v) is 16.8. The Bertz CT molecular complexity index is 802. The van der Waals surface area contributed by atoms with Crippen molar-refractivity contribution in [3.63, 3.8) is 0 Å². The highest BCUT2D eigenvalue weighted by Crippen LogP contribution is 2.16. The molecule has 29 heavy (non-hydrogen) atoms. The Kier molecular flexibility index (Phi) is 7.78. The van der Waals surface area contributed by atoms with Crippen LogP contribution in [0.1, 0.15) is 31.2 Å². The summed E-state index contributed by atoms with van der Waals surface area (Å²) < 4.78 is 0. The fourth-order valence-corrected chi connectivity index (χ4v) is 3.57. The average Bonchev–Trinajstić information content (AvgIpc) is 2.97. The second kappa shape index (κ2) is 10.7.